The molecule has 0 bridgehead atoms. The van der Waals surface area contributed by atoms with Gasteiger partial charge in [-0.1, -0.05) is 54.6 Å². The Hall–Kier alpha value is -2.70. The molecule has 1 N–H and O–H groups in total. The molecule has 0 saturated carbocycles. The number of benzene rings is 3. The fourth-order valence-electron chi connectivity index (χ4n) is 2.46. The van der Waals surface area contributed by atoms with Crippen molar-refractivity contribution in [2.24, 2.45) is 0 Å². The van der Waals surface area contributed by atoms with Crippen molar-refractivity contribution < 1.29 is 22.5 Å². The van der Waals surface area contributed by atoms with Crippen LogP contribution in [0.4, 0.5) is 0 Å². The third-order valence-electron chi connectivity index (χ3n) is 3.61. The van der Waals surface area contributed by atoms with Crippen LogP contribution in [-0.4, -0.2) is 19.5 Å². The predicted molar refractivity (Wildman–Crippen MR) is 89.3 cm³/mol. The Kier molecular flexibility index (Phi) is 4.33. The van der Waals surface area contributed by atoms with E-state index in [0.717, 1.165) is 5.56 Å². The quantitative estimate of drug-likeness (QED) is 0.718. The molecule has 0 fully saturated rings. The number of rotatable bonds is 5. The van der Waals surface area contributed by atoms with E-state index in [9.17, 15) is 18.3 Å². The van der Waals surface area contributed by atoms with Crippen molar-refractivity contribution in [2.75, 3.05) is 0 Å². The third kappa shape index (κ3) is 3.15. The lowest BCUT2D eigenvalue weighted by Gasteiger charge is -2.10. The second kappa shape index (κ2) is 6.43. The van der Waals surface area contributed by atoms with Crippen LogP contribution in [0.3, 0.4) is 0 Å². The Morgan fingerprint density at radius 3 is 2.17 bits per heavy atom. The average Bonchev–Trinajstić information content (AvgIpc) is 2.60. The van der Waals surface area contributed by atoms with Crippen molar-refractivity contribution in [3.8, 4) is 0 Å². The Labute approximate surface area is 139 Å². The van der Waals surface area contributed by atoms with Crippen LogP contribution in [0.15, 0.2) is 71.6 Å². The van der Waals surface area contributed by atoms with Crippen LogP contribution in [0.25, 0.3) is 10.8 Å². The fourth-order valence-corrected chi connectivity index (χ4v) is 3.56. The van der Waals surface area contributed by atoms with Crippen LogP contribution >= 0.6 is 0 Å². The normalized spacial score (nSPS) is 11.5. The van der Waals surface area contributed by atoms with Crippen molar-refractivity contribution in [3.05, 3.63) is 77.9 Å². The molecule has 0 unspecified atom stereocenters. The van der Waals surface area contributed by atoms with Crippen LogP contribution < -0.4 is 0 Å². The Balaban J connectivity index is 2.02. The highest BCUT2D eigenvalue weighted by Gasteiger charge is 2.21. The summed E-state index contributed by atoms with van der Waals surface area (Å²) in [6.07, 6.45) is 0. The Morgan fingerprint density at radius 1 is 0.875 bits per heavy atom. The van der Waals surface area contributed by atoms with Gasteiger partial charge in [-0.3, -0.25) is 4.18 Å². The fraction of sp³-hybridized carbons (Fsp3) is 0.0556. The number of carboxylic acid groups (broad SMARTS) is 1. The van der Waals surface area contributed by atoms with Crippen LogP contribution in [0, 0.1) is 0 Å². The van der Waals surface area contributed by atoms with Crippen molar-refractivity contribution in [1.29, 1.82) is 0 Å². The zero-order chi connectivity index (χ0) is 17.2. The molecule has 0 radical (unpaired) electrons. The SMILES string of the molecule is O=C(O)c1ccc(S(=O)(=O)OCc2ccccc2)c2ccccc12. The van der Waals surface area contributed by atoms with E-state index in [-0.39, 0.29) is 17.1 Å². The van der Waals surface area contributed by atoms with E-state index in [1.54, 1.807) is 48.5 Å². The van der Waals surface area contributed by atoms with Gasteiger partial charge in [0.15, 0.2) is 0 Å². The summed E-state index contributed by atoms with van der Waals surface area (Å²) >= 11 is 0. The number of aromatic carboxylic acids is 1. The first-order valence-corrected chi connectivity index (χ1v) is 8.58. The van der Waals surface area contributed by atoms with Crippen LogP contribution in [-0.2, 0) is 20.9 Å². The maximum atomic E-state index is 12.5. The highest BCUT2D eigenvalue weighted by molar-refractivity contribution is 7.87. The van der Waals surface area contributed by atoms with Gasteiger partial charge in [0.1, 0.15) is 4.90 Å². The maximum absolute atomic E-state index is 12.5. The number of hydrogen-bond donors (Lipinski definition) is 1. The van der Waals surface area contributed by atoms with Crippen molar-refractivity contribution in [3.63, 3.8) is 0 Å². The number of carbonyl (C=O) groups is 1. The van der Waals surface area contributed by atoms with Gasteiger partial charge in [-0.2, -0.15) is 8.42 Å². The lowest BCUT2D eigenvalue weighted by Crippen LogP contribution is -2.08. The molecule has 122 valence electrons. The van der Waals surface area contributed by atoms with Gasteiger partial charge in [-0.05, 0) is 23.1 Å². The van der Waals surface area contributed by atoms with E-state index in [0.29, 0.717) is 10.8 Å². The summed E-state index contributed by atoms with van der Waals surface area (Å²) in [5.74, 6) is -1.11. The van der Waals surface area contributed by atoms with E-state index in [1.807, 2.05) is 6.07 Å². The monoisotopic (exact) mass is 342 g/mol. The Morgan fingerprint density at radius 2 is 1.50 bits per heavy atom. The Bertz CT molecular complexity index is 994. The molecule has 0 aliphatic carbocycles. The molecular weight excluding hydrogens is 328 g/mol. The molecule has 0 heterocycles. The zero-order valence-corrected chi connectivity index (χ0v) is 13.4. The van der Waals surface area contributed by atoms with Crippen LogP contribution in [0.5, 0.6) is 0 Å². The second-order valence-corrected chi connectivity index (χ2v) is 6.75. The minimum atomic E-state index is -4.02. The van der Waals surface area contributed by atoms with Crippen molar-refractivity contribution in [2.45, 2.75) is 11.5 Å². The number of carboxylic acids is 1. The lowest BCUT2D eigenvalue weighted by molar-refractivity contribution is 0.0699. The van der Waals surface area contributed by atoms with Gasteiger partial charge in [0.05, 0.1) is 12.2 Å². The molecule has 0 aliphatic rings. The molecule has 6 heteroatoms. The summed E-state index contributed by atoms with van der Waals surface area (Å²) in [7, 11) is -4.02. The van der Waals surface area contributed by atoms with E-state index in [1.165, 1.54) is 12.1 Å². The van der Waals surface area contributed by atoms with Crippen molar-refractivity contribution >= 4 is 26.9 Å². The highest BCUT2D eigenvalue weighted by Crippen LogP contribution is 2.28. The summed E-state index contributed by atoms with van der Waals surface area (Å²) < 4.78 is 30.2. The predicted octanol–water partition coefficient (Wildman–Crippen LogP) is 3.44. The summed E-state index contributed by atoms with van der Waals surface area (Å²) in [6, 6.07) is 18.0. The van der Waals surface area contributed by atoms with Gasteiger partial charge in [0, 0.05) is 5.39 Å². The van der Waals surface area contributed by atoms with E-state index in [2.05, 4.69) is 0 Å². The molecule has 0 spiro atoms. The van der Waals surface area contributed by atoms with Gasteiger partial charge >= 0.3 is 5.97 Å². The molecule has 5 nitrogen and oxygen atoms in total. The average molecular weight is 342 g/mol. The summed E-state index contributed by atoms with van der Waals surface area (Å²) in [6.45, 7) is -0.0851. The molecular formula is C18H14O5S. The molecule has 24 heavy (non-hydrogen) atoms. The topological polar surface area (TPSA) is 80.7 Å². The van der Waals surface area contributed by atoms with Gasteiger partial charge in [-0.25, -0.2) is 4.79 Å². The minimum Gasteiger partial charge on any atom is -0.478 e. The number of fused-ring (bicyclic) bond motifs is 1. The first-order chi connectivity index (χ1) is 11.5. The van der Waals surface area contributed by atoms with Crippen LogP contribution in [0.2, 0.25) is 0 Å². The minimum absolute atomic E-state index is 0.0426. The molecule has 3 aromatic carbocycles. The third-order valence-corrected chi connectivity index (χ3v) is 4.93. The summed E-state index contributed by atoms with van der Waals surface area (Å²) in [4.78, 5) is 11.3. The molecule has 0 atom stereocenters. The van der Waals surface area contributed by atoms with Gasteiger partial charge in [0.2, 0.25) is 0 Å². The maximum Gasteiger partial charge on any atom is 0.336 e. The van der Waals surface area contributed by atoms with Gasteiger partial charge in [0.25, 0.3) is 10.1 Å². The molecule has 0 amide bonds. The first-order valence-electron chi connectivity index (χ1n) is 7.17. The largest absolute Gasteiger partial charge is 0.478 e. The summed E-state index contributed by atoms with van der Waals surface area (Å²) in [5.41, 5.74) is 0.778. The highest BCUT2D eigenvalue weighted by atomic mass is 32.2. The molecule has 0 saturated heterocycles. The molecule has 0 aliphatic heterocycles. The van der Waals surface area contributed by atoms with Gasteiger partial charge < -0.3 is 5.11 Å². The second-order valence-electron chi connectivity index (χ2n) is 5.16. The lowest BCUT2D eigenvalue weighted by atomic mass is 10.0. The standard InChI is InChI=1S/C18H14O5S/c19-18(20)16-10-11-17(15-9-5-4-8-14(15)16)24(21,22)23-12-13-6-2-1-3-7-13/h1-11H,12H2,(H,19,20). The molecule has 0 aromatic heterocycles. The first kappa shape index (κ1) is 16.2. The molecule has 3 rings (SSSR count). The van der Waals surface area contributed by atoms with E-state index >= 15 is 0 Å². The van der Waals surface area contributed by atoms with E-state index in [4.69, 9.17) is 4.18 Å². The smallest absolute Gasteiger partial charge is 0.336 e. The summed E-state index contributed by atoms with van der Waals surface area (Å²) in [5, 5.41) is 9.93. The molecule has 3 aromatic rings. The zero-order valence-electron chi connectivity index (χ0n) is 12.5. The van der Waals surface area contributed by atoms with E-state index < -0.39 is 16.1 Å². The van der Waals surface area contributed by atoms with Crippen LogP contribution in [0.1, 0.15) is 15.9 Å². The van der Waals surface area contributed by atoms with Crippen molar-refractivity contribution in [1.82, 2.24) is 0 Å². The number of hydrogen-bond acceptors (Lipinski definition) is 4. The van der Waals surface area contributed by atoms with Gasteiger partial charge in [-0.15, -0.1) is 0 Å².